The van der Waals surface area contributed by atoms with E-state index in [-0.39, 0.29) is 12.3 Å². The average molecular weight is 321 g/mol. The van der Waals surface area contributed by atoms with Crippen LogP contribution >= 0.6 is 31.9 Å². The normalized spacial score (nSPS) is 9.57. The van der Waals surface area contributed by atoms with Crippen LogP contribution in [0, 0.1) is 0 Å². The average Bonchev–Trinajstić information content (AvgIpc) is 2.10. The van der Waals surface area contributed by atoms with Crippen LogP contribution in [0.1, 0.15) is 6.42 Å². The summed E-state index contributed by atoms with van der Waals surface area (Å²) in [5.41, 5.74) is 0. The summed E-state index contributed by atoms with van der Waals surface area (Å²) in [6, 6.07) is 0. The van der Waals surface area contributed by atoms with Crippen molar-refractivity contribution in [3.8, 4) is 0 Å². The second-order valence-corrected chi connectivity index (χ2v) is 3.94. The summed E-state index contributed by atoms with van der Waals surface area (Å²) in [5, 5.41) is 2.59. The van der Waals surface area contributed by atoms with Crippen LogP contribution in [0.3, 0.4) is 0 Å². The third-order valence-electron chi connectivity index (χ3n) is 1.29. The SMILES string of the molecule is C=CCC(=O)Nc1ncc(Br)nc1Br. The smallest absolute Gasteiger partial charge is 0.229 e. The van der Waals surface area contributed by atoms with Crippen molar-refractivity contribution in [2.24, 2.45) is 0 Å². The van der Waals surface area contributed by atoms with Gasteiger partial charge in [0, 0.05) is 6.42 Å². The second kappa shape index (κ2) is 5.21. The third kappa shape index (κ3) is 3.19. The molecule has 1 aromatic heterocycles. The molecular formula is C8H7Br2N3O. The number of hydrogen-bond acceptors (Lipinski definition) is 3. The fourth-order valence-corrected chi connectivity index (χ4v) is 1.65. The first-order chi connectivity index (χ1) is 6.63. The fraction of sp³-hybridized carbons (Fsp3) is 0.125. The van der Waals surface area contributed by atoms with Gasteiger partial charge in [0.2, 0.25) is 5.91 Å². The number of nitrogens with zero attached hydrogens (tertiary/aromatic N) is 2. The first-order valence-electron chi connectivity index (χ1n) is 3.72. The summed E-state index contributed by atoms with van der Waals surface area (Å²) in [5.74, 6) is 0.234. The molecular weight excluding hydrogens is 314 g/mol. The Hall–Kier alpha value is -0.750. The van der Waals surface area contributed by atoms with Crippen LogP contribution in [0.2, 0.25) is 0 Å². The van der Waals surface area contributed by atoms with E-state index >= 15 is 0 Å². The zero-order chi connectivity index (χ0) is 10.6. The quantitative estimate of drug-likeness (QED) is 0.871. The molecule has 1 rings (SSSR count). The molecule has 0 atom stereocenters. The van der Waals surface area contributed by atoms with Crippen LogP contribution in [-0.4, -0.2) is 15.9 Å². The van der Waals surface area contributed by atoms with Crippen molar-refractivity contribution in [2.75, 3.05) is 5.32 Å². The molecule has 14 heavy (non-hydrogen) atoms. The van der Waals surface area contributed by atoms with Crippen LogP contribution in [0.5, 0.6) is 0 Å². The lowest BCUT2D eigenvalue weighted by Gasteiger charge is -2.03. The number of halogens is 2. The van der Waals surface area contributed by atoms with E-state index in [0.717, 1.165) is 0 Å². The molecule has 0 aliphatic heterocycles. The van der Waals surface area contributed by atoms with Crippen molar-refractivity contribution < 1.29 is 4.79 Å². The highest BCUT2D eigenvalue weighted by Crippen LogP contribution is 2.19. The van der Waals surface area contributed by atoms with Crippen LogP contribution in [-0.2, 0) is 4.79 Å². The van der Waals surface area contributed by atoms with Gasteiger partial charge in [-0.25, -0.2) is 9.97 Å². The Kier molecular flexibility index (Phi) is 4.21. The minimum Gasteiger partial charge on any atom is -0.308 e. The maximum atomic E-state index is 11.2. The molecule has 0 saturated heterocycles. The predicted octanol–water partition coefficient (Wildman–Crippen LogP) is 2.52. The Morgan fingerprint density at radius 2 is 2.36 bits per heavy atom. The van der Waals surface area contributed by atoms with Gasteiger partial charge in [0.1, 0.15) is 9.21 Å². The van der Waals surface area contributed by atoms with E-state index in [4.69, 9.17) is 0 Å². The van der Waals surface area contributed by atoms with Crippen LogP contribution in [0.4, 0.5) is 5.82 Å². The molecule has 0 unspecified atom stereocenters. The lowest BCUT2D eigenvalue weighted by Crippen LogP contribution is -2.12. The highest BCUT2D eigenvalue weighted by atomic mass is 79.9. The predicted molar refractivity (Wildman–Crippen MR) is 60.9 cm³/mol. The molecule has 0 aliphatic rings. The molecule has 1 amide bonds. The molecule has 4 nitrogen and oxygen atoms in total. The monoisotopic (exact) mass is 319 g/mol. The highest BCUT2D eigenvalue weighted by Gasteiger charge is 2.06. The summed E-state index contributed by atoms with van der Waals surface area (Å²) < 4.78 is 1.09. The molecule has 0 aliphatic carbocycles. The Morgan fingerprint density at radius 3 is 2.93 bits per heavy atom. The summed E-state index contributed by atoms with van der Waals surface area (Å²) in [7, 11) is 0. The van der Waals surface area contributed by atoms with E-state index in [1.165, 1.54) is 12.3 Å². The van der Waals surface area contributed by atoms with Gasteiger partial charge >= 0.3 is 0 Å². The van der Waals surface area contributed by atoms with Crippen molar-refractivity contribution in [3.63, 3.8) is 0 Å². The van der Waals surface area contributed by atoms with Crippen LogP contribution in [0.25, 0.3) is 0 Å². The van der Waals surface area contributed by atoms with Gasteiger partial charge in [0.15, 0.2) is 5.82 Å². The summed E-state index contributed by atoms with van der Waals surface area (Å²) >= 11 is 6.34. The van der Waals surface area contributed by atoms with Gasteiger partial charge < -0.3 is 5.32 Å². The van der Waals surface area contributed by atoms with E-state index in [9.17, 15) is 4.79 Å². The minimum atomic E-state index is -0.169. The molecule has 0 bridgehead atoms. The van der Waals surface area contributed by atoms with Gasteiger partial charge in [-0.15, -0.1) is 6.58 Å². The third-order valence-corrected chi connectivity index (χ3v) is 2.22. The highest BCUT2D eigenvalue weighted by molar-refractivity contribution is 9.11. The Labute approximate surface area is 98.1 Å². The van der Waals surface area contributed by atoms with Crippen LogP contribution in [0.15, 0.2) is 28.1 Å². The largest absolute Gasteiger partial charge is 0.308 e. The molecule has 1 aromatic rings. The molecule has 0 aromatic carbocycles. The van der Waals surface area contributed by atoms with E-state index in [0.29, 0.717) is 15.0 Å². The first kappa shape index (κ1) is 11.3. The molecule has 0 spiro atoms. The van der Waals surface area contributed by atoms with Crippen molar-refractivity contribution in [2.45, 2.75) is 6.42 Å². The fourth-order valence-electron chi connectivity index (χ4n) is 0.745. The zero-order valence-corrected chi connectivity index (χ0v) is 10.3. The molecule has 0 radical (unpaired) electrons. The number of nitrogens with one attached hydrogen (secondary N) is 1. The van der Waals surface area contributed by atoms with Gasteiger partial charge in [-0.3, -0.25) is 4.79 Å². The molecule has 74 valence electrons. The van der Waals surface area contributed by atoms with E-state index in [2.05, 4.69) is 53.7 Å². The molecule has 1 N–H and O–H groups in total. The Morgan fingerprint density at radius 1 is 1.64 bits per heavy atom. The molecule has 0 saturated carbocycles. The maximum Gasteiger partial charge on any atom is 0.229 e. The summed E-state index contributed by atoms with van der Waals surface area (Å²) in [6.07, 6.45) is 3.29. The minimum absolute atomic E-state index is 0.169. The standard InChI is InChI=1S/C8H7Br2N3O/c1-2-3-6(14)13-8-7(10)12-5(9)4-11-8/h2,4H,1,3H2,(H,11,13,14). The van der Waals surface area contributed by atoms with Crippen molar-refractivity contribution in [1.82, 2.24) is 9.97 Å². The van der Waals surface area contributed by atoms with Gasteiger partial charge in [-0.05, 0) is 31.9 Å². The van der Waals surface area contributed by atoms with E-state index in [1.54, 1.807) is 0 Å². The summed E-state index contributed by atoms with van der Waals surface area (Å²) in [6.45, 7) is 3.46. The van der Waals surface area contributed by atoms with Crippen molar-refractivity contribution in [3.05, 3.63) is 28.1 Å². The number of rotatable bonds is 3. The number of anilines is 1. The molecule has 6 heteroatoms. The maximum absolute atomic E-state index is 11.2. The van der Waals surface area contributed by atoms with E-state index < -0.39 is 0 Å². The zero-order valence-electron chi connectivity index (χ0n) is 7.13. The number of carbonyl (C=O) groups excluding carboxylic acids is 1. The van der Waals surface area contributed by atoms with Crippen molar-refractivity contribution >= 4 is 43.6 Å². The Bertz CT molecular complexity index is 368. The van der Waals surface area contributed by atoms with Gasteiger partial charge in [0.05, 0.1) is 6.20 Å². The van der Waals surface area contributed by atoms with Gasteiger partial charge in [-0.2, -0.15) is 0 Å². The lowest BCUT2D eigenvalue weighted by atomic mass is 10.4. The molecule has 1 heterocycles. The number of amides is 1. The second-order valence-electron chi connectivity index (χ2n) is 2.37. The van der Waals surface area contributed by atoms with E-state index in [1.807, 2.05) is 0 Å². The summed E-state index contributed by atoms with van der Waals surface area (Å²) in [4.78, 5) is 19.2. The number of aromatic nitrogens is 2. The first-order valence-corrected chi connectivity index (χ1v) is 5.31. The Balaban J connectivity index is 2.76. The number of carbonyl (C=O) groups is 1. The van der Waals surface area contributed by atoms with Gasteiger partial charge in [0.25, 0.3) is 0 Å². The topological polar surface area (TPSA) is 54.9 Å². The number of hydrogen-bond donors (Lipinski definition) is 1. The van der Waals surface area contributed by atoms with Crippen LogP contribution < -0.4 is 5.32 Å². The molecule has 0 fully saturated rings. The van der Waals surface area contributed by atoms with Crippen molar-refractivity contribution in [1.29, 1.82) is 0 Å². The van der Waals surface area contributed by atoms with Gasteiger partial charge in [-0.1, -0.05) is 6.08 Å². The lowest BCUT2D eigenvalue weighted by molar-refractivity contribution is -0.115.